The molecular formula is C16H19FN2. The van der Waals surface area contributed by atoms with Crippen molar-refractivity contribution in [3.8, 4) is 0 Å². The number of para-hydroxylation sites is 1. The maximum Gasteiger partial charge on any atom is 0.130 e. The highest BCUT2D eigenvalue weighted by Crippen LogP contribution is 2.33. The molecule has 0 bridgehead atoms. The van der Waals surface area contributed by atoms with E-state index < -0.39 is 0 Å². The highest BCUT2D eigenvalue weighted by molar-refractivity contribution is 5.68. The topological polar surface area (TPSA) is 29.3 Å². The number of halogens is 1. The number of rotatable bonds is 3. The van der Waals surface area contributed by atoms with Gasteiger partial charge in [0.05, 0.1) is 0 Å². The van der Waals surface area contributed by atoms with Crippen LogP contribution >= 0.6 is 0 Å². The maximum atomic E-state index is 14.0. The van der Waals surface area contributed by atoms with Crippen LogP contribution in [0.25, 0.3) is 0 Å². The third-order valence-electron chi connectivity index (χ3n) is 3.32. The lowest BCUT2D eigenvalue weighted by Gasteiger charge is -2.25. The van der Waals surface area contributed by atoms with Gasteiger partial charge in [0.25, 0.3) is 0 Å². The third kappa shape index (κ3) is 2.61. The smallest absolute Gasteiger partial charge is 0.130 e. The summed E-state index contributed by atoms with van der Waals surface area (Å²) in [6.07, 6.45) is 0. The van der Waals surface area contributed by atoms with Crippen LogP contribution in [0, 0.1) is 12.7 Å². The lowest BCUT2D eigenvalue weighted by Crippen LogP contribution is -2.17. The number of hydrogen-bond donors (Lipinski definition) is 1. The van der Waals surface area contributed by atoms with Crippen molar-refractivity contribution >= 4 is 11.4 Å². The van der Waals surface area contributed by atoms with E-state index in [1.54, 1.807) is 13.0 Å². The minimum absolute atomic E-state index is 0.257. The van der Waals surface area contributed by atoms with E-state index in [9.17, 15) is 4.39 Å². The lowest BCUT2D eigenvalue weighted by molar-refractivity contribution is 0.594. The largest absolute Gasteiger partial charge is 0.344 e. The molecule has 0 saturated heterocycles. The second-order valence-electron chi connectivity index (χ2n) is 4.81. The molecule has 2 aromatic carbocycles. The van der Waals surface area contributed by atoms with E-state index in [4.69, 9.17) is 5.73 Å². The van der Waals surface area contributed by atoms with E-state index >= 15 is 0 Å². The molecule has 100 valence electrons. The standard InChI is InChI=1S/C16H19FN2/c1-11-7-4-5-9-14(11)19(3)15-10-6-8-13(17)16(15)12(2)18/h4-10,12H,18H2,1-3H3/t12-/m0/s1. The van der Waals surface area contributed by atoms with Crippen molar-refractivity contribution in [3.05, 3.63) is 59.4 Å². The zero-order chi connectivity index (χ0) is 14.0. The third-order valence-corrected chi connectivity index (χ3v) is 3.32. The van der Waals surface area contributed by atoms with Crippen LogP contribution < -0.4 is 10.6 Å². The van der Waals surface area contributed by atoms with Crippen LogP contribution in [0.5, 0.6) is 0 Å². The zero-order valence-electron chi connectivity index (χ0n) is 11.5. The van der Waals surface area contributed by atoms with Crippen molar-refractivity contribution in [2.75, 3.05) is 11.9 Å². The monoisotopic (exact) mass is 258 g/mol. The van der Waals surface area contributed by atoms with Gasteiger partial charge in [0, 0.05) is 30.0 Å². The number of benzene rings is 2. The normalized spacial score (nSPS) is 12.3. The zero-order valence-corrected chi connectivity index (χ0v) is 11.5. The predicted molar refractivity (Wildman–Crippen MR) is 78.2 cm³/mol. The summed E-state index contributed by atoms with van der Waals surface area (Å²) < 4.78 is 14.0. The van der Waals surface area contributed by atoms with Crippen molar-refractivity contribution in [3.63, 3.8) is 0 Å². The van der Waals surface area contributed by atoms with Gasteiger partial charge >= 0.3 is 0 Å². The molecule has 19 heavy (non-hydrogen) atoms. The Labute approximate surface area is 113 Å². The van der Waals surface area contributed by atoms with Gasteiger partial charge in [-0.25, -0.2) is 4.39 Å². The molecule has 2 aromatic rings. The molecule has 0 unspecified atom stereocenters. The first kappa shape index (κ1) is 13.6. The Kier molecular flexibility index (Phi) is 3.86. The van der Waals surface area contributed by atoms with Crippen molar-refractivity contribution in [1.82, 2.24) is 0 Å². The van der Waals surface area contributed by atoms with Gasteiger partial charge in [-0.3, -0.25) is 0 Å². The van der Waals surface area contributed by atoms with Gasteiger partial charge in [-0.1, -0.05) is 24.3 Å². The van der Waals surface area contributed by atoms with Crippen LogP contribution in [-0.4, -0.2) is 7.05 Å². The average molecular weight is 258 g/mol. The van der Waals surface area contributed by atoms with E-state index in [2.05, 4.69) is 0 Å². The lowest BCUT2D eigenvalue weighted by atomic mass is 10.0. The van der Waals surface area contributed by atoms with Gasteiger partial charge in [-0.2, -0.15) is 0 Å². The average Bonchev–Trinajstić information content (AvgIpc) is 2.37. The van der Waals surface area contributed by atoms with Gasteiger partial charge < -0.3 is 10.6 Å². The summed E-state index contributed by atoms with van der Waals surface area (Å²) in [5, 5.41) is 0. The van der Waals surface area contributed by atoms with E-state index in [1.165, 1.54) is 6.07 Å². The van der Waals surface area contributed by atoms with Crippen molar-refractivity contribution in [2.24, 2.45) is 5.73 Å². The molecule has 0 amide bonds. The summed E-state index contributed by atoms with van der Waals surface area (Å²) in [5.41, 5.74) is 9.46. The molecule has 2 rings (SSSR count). The van der Waals surface area contributed by atoms with E-state index in [0.29, 0.717) is 5.56 Å². The highest BCUT2D eigenvalue weighted by Gasteiger charge is 2.16. The Balaban J connectivity index is 2.54. The maximum absolute atomic E-state index is 14.0. The van der Waals surface area contributed by atoms with Crippen LogP contribution in [0.15, 0.2) is 42.5 Å². The minimum Gasteiger partial charge on any atom is -0.344 e. The molecule has 0 spiro atoms. The molecule has 0 aromatic heterocycles. The van der Waals surface area contributed by atoms with Crippen LogP contribution in [0.1, 0.15) is 24.1 Å². The first-order chi connectivity index (χ1) is 9.02. The first-order valence-corrected chi connectivity index (χ1v) is 6.35. The van der Waals surface area contributed by atoms with E-state index in [1.807, 2.05) is 49.2 Å². The molecule has 3 heteroatoms. The molecular weight excluding hydrogens is 239 g/mol. The number of nitrogens with zero attached hydrogens (tertiary/aromatic N) is 1. The Morgan fingerprint density at radius 2 is 1.68 bits per heavy atom. The van der Waals surface area contributed by atoms with Crippen LogP contribution in [0.4, 0.5) is 15.8 Å². The fourth-order valence-corrected chi connectivity index (χ4v) is 2.34. The fourth-order valence-electron chi connectivity index (χ4n) is 2.34. The number of anilines is 2. The Morgan fingerprint density at radius 3 is 2.32 bits per heavy atom. The summed E-state index contributed by atoms with van der Waals surface area (Å²) in [6.45, 7) is 3.84. The van der Waals surface area contributed by atoms with Gasteiger partial charge in [-0.05, 0) is 37.6 Å². The van der Waals surface area contributed by atoms with E-state index in [-0.39, 0.29) is 11.9 Å². The number of nitrogens with two attached hydrogens (primary N) is 1. The van der Waals surface area contributed by atoms with Gasteiger partial charge in [0.2, 0.25) is 0 Å². The predicted octanol–water partition coefficient (Wildman–Crippen LogP) is 3.92. The van der Waals surface area contributed by atoms with Crippen LogP contribution in [0.3, 0.4) is 0 Å². The van der Waals surface area contributed by atoms with Crippen LogP contribution in [-0.2, 0) is 0 Å². The summed E-state index contributed by atoms with van der Waals surface area (Å²) in [5.74, 6) is -0.257. The molecule has 0 radical (unpaired) electrons. The van der Waals surface area contributed by atoms with E-state index in [0.717, 1.165) is 16.9 Å². The Hall–Kier alpha value is -1.87. The summed E-state index contributed by atoms with van der Waals surface area (Å²) in [4.78, 5) is 1.98. The molecule has 0 aliphatic heterocycles. The van der Waals surface area contributed by atoms with Crippen molar-refractivity contribution in [1.29, 1.82) is 0 Å². The Morgan fingerprint density at radius 1 is 1.05 bits per heavy atom. The number of aryl methyl sites for hydroxylation is 1. The second kappa shape index (κ2) is 5.41. The second-order valence-corrected chi connectivity index (χ2v) is 4.81. The molecule has 1 atom stereocenters. The summed E-state index contributed by atoms with van der Waals surface area (Å²) in [7, 11) is 1.93. The summed E-state index contributed by atoms with van der Waals surface area (Å²) >= 11 is 0. The van der Waals surface area contributed by atoms with Gasteiger partial charge in [-0.15, -0.1) is 0 Å². The Bertz CT molecular complexity index is 579. The van der Waals surface area contributed by atoms with Gasteiger partial charge in [0.1, 0.15) is 5.82 Å². The quantitative estimate of drug-likeness (QED) is 0.904. The molecule has 0 saturated carbocycles. The molecule has 2 N–H and O–H groups in total. The molecule has 2 nitrogen and oxygen atoms in total. The van der Waals surface area contributed by atoms with Gasteiger partial charge in [0.15, 0.2) is 0 Å². The fraction of sp³-hybridized carbons (Fsp3) is 0.250. The van der Waals surface area contributed by atoms with Crippen LogP contribution in [0.2, 0.25) is 0 Å². The first-order valence-electron chi connectivity index (χ1n) is 6.35. The molecule has 0 aliphatic rings. The SMILES string of the molecule is Cc1ccccc1N(C)c1cccc(F)c1[C@H](C)N. The minimum atomic E-state index is -0.345. The molecule has 0 heterocycles. The summed E-state index contributed by atoms with van der Waals surface area (Å²) in [6, 6.07) is 12.7. The highest BCUT2D eigenvalue weighted by atomic mass is 19.1. The van der Waals surface area contributed by atoms with Crippen molar-refractivity contribution in [2.45, 2.75) is 19.9 Å². The van der Waals surface area contributed by atoms with Crippen molar-refractivity contribution < 1.29 is 4.39 Å². The molecule has 0 fully saturated rings. The molecule has 0 aliphatic carbocycles. The number of hydrogen-bond acceptors (Lipinski definition) is 2.